The number of carbonyl (C=O) groups excluding carboxylic acids is 1. The fraction of sp³-hybridized carbons (Fsp3) is 0.400. The van der Waals surface area contributed by atoms with E-state index >= 15 is 0 Å². The summed E-state index contributed by atoms with van der Waals surface area (Å²) in [6.07, 6.45) is 10.3. The third-order valence-corrected chi connectivity index (χ3v) is 7.98. The first-order chi connectivity index (χ1) is 15.0. The van der Waals surface area contributed by atoms with Crippen LogP contribution in [-0.4, -0.2) is 40.5 Å². The van der Waals surface area contributed by atoms with Gasteiger partial charge in [0, 0.05) is 48.7 Å². The lowest BCUT2D eigenvalue weighted by Crippen LogP contribution is -2.51. The number of fused-ring (bicyclic) bond motifs is 7. The zero-order valence-electron chi connectivity index (χ0n) is 17.9. The number of nitrogens with zero attached hydrogens (tertiary/aromatic N) is 3. The molecular formula is C25H25N5O. The lowest BCUT2D eigenvalue weighted by Gasteiger charge is -2.33. The van der Waals surface area contributed by atoms with Gasteiger partial charge in [0.15, 0.2) is 0 Å². The lowest BCUT2D eigenvalue weighted by atomic mass is 9.81. The van der Waals surface area contributed by atoms with E-state index in [9.17, 15) is 4.79 Å². The number of aromatic nitrogens is 3. The molecule has 1 aliphatic heterocycles. The number of aryl methyl sites for hydroxylation is 1. The molecule has 3 aliphatic carbocycles. The van der Waals surface area contributed by atoms with E-state index in [0.717, 1.165) is 54.0 Å². The SMILES string of the molecule is CN(C)c1ccc(-c2cc3c(cn2)CCc2c-3[nH]c3c2C(=O)NC2(CC2)C32CC2)cn1. The topological polar surface area (TPSA) is 73.9 Å². The second-order valence-electron chi connectivity index (χ2n) is 9.87. The molecular weight excluding hydrogens is 386 g/mol. The molecule has 31 heavy (non-hydrogen) atoms. The Bertz CT molecular complexity index is 1260. The first-order valence-electron chi connectivity index (χ1n) is 11.2. The Morgan fingerprint density at radius 2 is 1.87 bits per heavy atom. The maximum absolute atomic E-state index is 13.1. The van der Waals surface area contributed by atoms with Crippen LogP contribution >= 0.6 is 0 Å². The molecule has 0 unspecified atom stereocenters. The van der Waals surface area contributed by atoms with Gasteiger partial charge in [-0.3, -0.25) is 9.78 Å². The minimum absolute atomic E-state index is 0.0244. The Balaban J connectivity index is 1.36. The number of rotatable bonds is 2. The van der Waals surface area contributed by atoms with Crippen LogP contribution in [0.15, 0.2) is 30.6 Å². The average Bonchev–Trinajstić information content (AvgIpc) is 3.69. The zero-order chi connectivity index (χ0) is 21.0. The summed E-state index contributed by atoms with van der Waals surface area (Å²) in [6.45, 7) is 0. The molecule has 4 aliphatic rings. The van der Waals surface area contributed by atoms with Crippen LogP contribution in [0.25, 0.3) is 22.5 Å². The largest absolute Gasteiger partial charge is 0.363 e. The molecule has 1 amide bonds. The molecule has 156 valence electrons. The van der Waals surface area contributed by atoms with Gasteiger partial charge in [-0.05, 0) is 67.9 Å². The highest BCUT2D eigenvalue weighted by Gasteiger charge is 2.70. The van der Waals surface area contributed by atoms with Crippen LogP contribution in [-0.2, 0) is 18.3 Å². The summed E-state index contributed by atoms with van der Waals surface area (Å²) in [4.78, 5) is 28.2. The van der Waals surface area contributed by atoms with Crippen LogP contribution in [0.4, 0.5) is 5.82 Å². The van der Waals surface area contributed by atoms with E-state index in [1.807, 2.05) is 37.5 Å². The molecule has 0 atom stereocenters. The number of carbonyl (C=O) groups is 1. The Labute approximate surface area is 181 Å². The number of hydrogen-bond acceptors (Lipinski definition) is 4. The van der Waals surface area contributed by atoms with Gasteiger partial charge in [-0.2, -0.15) is 0 Å². The van der Waals surface area contributed by atoms with E-state index < -0.39 is 0 Å². The second kappa shape index (κ2) is 5.55. The Morgan fingerprint density at radius 3 is 2.55 bits per heavy atom. The minimum atomic E-state index is 0.0244. The number of amides is 1. The Kier molecular flexibility index (Phi) is 3.14. The summed E-state index contributed by atoms with van der Waals surface area (Å²) in [7, 11) is 3.98. The highest BCUT2D eigenvalue weighted by Crippen LogP contribution is 2.67. The number of nitrogens with one attached hydrogen (secondary N) is 2. The summed E-state index contributed by atoms with van der Waals surface area (Å²) in [5, 5.41) is 3.40. The van der Waals surface area contributed by atoms with Crippen molar-refractivity contribution in [3.63, 3.8) is 0 Å². The van der Waals surface area contributed by atoms with Gasteiger partial charge >= 0.3 is 0 Å². The average molecular weight is 412 g/mol. The quantitative estimate of drug-likeness (QED) is 0.676. The van der Waals surface area contributed by atoms with E-state index in [-0.39, 0.29) is 16.9 Å². The van der Waals surface area contributed by atoms with Crippen molar-refractivity contribution in [3.05, 3.63) is 53.0 Å². The normalized spacial score (nSPS) is 20.6. The molecule has 0 saturated heterocycles. The summed E-state index contributed by atoms with van der Waals surface area (Å²) in [6, 6.07) is 6.27. The summed E-state index contributed by atoms with van der Waals surface area (Å²) < 4.78 is 0. The lowest BCUT2D eigenvalue weighted by molar-refractivity contribution is 0.0898. The maximum Gasteiger partial charge on any atom is 0.253 e. The van der Waals surface area contributed by atoms with Crippen molar-refractivity contribution < 1.29 is 4.79 Å². The zero-order valence-corrected chi connectivity index (χ0v) is 17.9. The van der Waals surface area contributed by atoms with Gasteiger partial charge in [-0.1, -0.05) is 0 Å². The molecule has 0 radical (unpaired) electrons. The number of hydrogen-bond donors (Lipinski definition) is 2. The van der Waals surface area contributed by atoms with Crippen LogP contribution in [0.2, 0.25) is 0 Å². The molecule has 4 heterocycles. The molecule has 3 aromatic rings. The smallest absolute Gasteiger partial charge is 0.253 e. The molecule has 6 heteroatoms. The third kappa shape index (κ3) is 2.20. The molecule has 2 spiro atoms. The Hall–Kier alpha value is -3.15. The van der Waals surface area contributed by atoms with Crippen molar-refractivity contribution in [3.8, 4) is 22.5 Å². The minimum Gasteiger partial charge on any atom is -0.363 e. The molecule has 2 N–H and O–H groups in total. The summed E-state index contributed by atoms with van der Waals surface area (Å²) >= 11 is 0. The fourth-order valence-electron chi connectivity index (χ4n) is 5.98. The van der Waals surface area contributed by atoms with Gasteiger partial charge in [0.05, 0.1) is 22.5 Å². The first-order valence-corrected chi connectivity index (χ1v) is 11.2. The van der Waals surface area contributed by atoms with Gasteiger partial charge in [0.1, 0.15) is 5.82 Å². The van der Waals surface area contributed by atoms with Crippen molar-refractivity contribution in [1.29, 1.82) is 0 Å². The highest BCUT2D eigenvalue weighted by molar-refractivity contribution is 6.02. The third-order valence-electron chi connectivity index (χ3n) is 7.98. The van der Waals surface area contributed by atoms with Gasteiger partial charge in [-0.25, -0.2) is 4.98 Å². The van der Waals surface area contributed by atoms with E-state index in [1.165, 1.54) is 35.2 Å². The molecule has 2 fully saturated rings. The van der Waals surface area contributed by atoms with Crippen LogP contribution in [0, 0.1) is 0 Å². The Morgan fingerprint density at radius 1 is 1.03 bits per heavy atom. The van der Waals surface area contributed by atoms with E-state index in [4.69, 9.17) is 4.98 Å². The molecule has 7 rings (SSSR count). The number of aromatic amines is 1. The van der Waals surface area contributed by atoms with Gasteiger partial charge in [0.2, 0.25) is 0 Å². The van der Waals surface area contributed by atoms with Crippen LogP contribution in [0.5, 0.6) is 0 Å². The van der Waals surface area contributed by atoms with Gasteiger partial charge in [0.25, 0.3) is 5.91 Å². The van der Waals surface area contributed by atoms with Crippen molar-refractivity contribution >= 4 is 11.7 Å². The van der Waals surface area contributed by atoms with Crippen molar-refractivity contribution in [2.24, 2.45) is 0 Å². The molecule has 2 saturated carbocycles. The van der Waals surface area contributed by atoms with E-state index in [0.29, 0.717) is 0 Å². The van der Waals surface area contributed by atoms with Crippen LogP contribution in [0.1, 0.15) is 52.9 Å². The molecule has 6 nitrogen and oxygen atoms in total. The van der Waals surface area contributed by atoms with Gasteiger partial charge < -0.3 is 15.2 Å². The van der Waals surface area contributed by atoms with Gasteiger partial charge in [-0.15, -0.1) is 0 Å². The number of anilines is 1. The second-order valence-corrected chi connectivity index (χ2v) is 9.87. The maximum atomic E-state index is 13.1. The van der Waals surface area contributed by atoms with Crippen molar-refractivity contribution in [2.75, 3.05) is 19.0 Å². The van der Waals surface area contributed by atoms with Crippen molar-refractivity contribution in [2.45, 2.75) is 49.5 Å². The molecule has 3 aromatic heterocycles. The fourth-order valence-corrected chi connectivity index (χ4v) is 5.98. The van der Waals surface area contributed by atoms with Crippen molar-refractivity contribution in [1.82, 2.24) is 20.3 Å². The predicted molar refractivity (Wildman–Crippen MR) is 119 cm³/mol. The molecule has 0 bridgehead atoms. The predicted octanol–water partition coefficient (Wildman–Crippen LogP) is 3.61. The van der Waals surface area contributed by atoms with Crippen LogP contribution in [0.3, 0.4) is 0 Å². The monoisotopic (exact) mass is 411 g/mol. The summed E-state index contributed by atoms with van der Waals surface area (Å²) in [5.74, 6) is 1.06. The molecule has 0 aromatic carbocycles. The number of pyridine rings is 2. The first kappa shape index (κ1) is 17.5. The summed E-state index contributed by atoms with van der Waals surface area (Å²) in [5.41, 5.74) is 9.00. The van der Waals surface area contributed by atoms with Crippen LogP contribution < -0.4 is 10.2 Å². The highest BCUT2D eigenvalue weighted by atomic mass is 16.2. The van der Waals surface area contributed by atoms with E-state index in [1.54, 1.807) is 0 Å². The van der Waals surface area contributed by atoms with E-state index in [2.05, 4.69) is 27.4 Å². The standard InChI is InChI=1S/C25H25N5O/c1-30(2)19-6-4-15(13-27-19)18-11-17-14(12-26-18)3-5-16-20-22(28-21(16)17)24(7-8-24)25(9-10-25)29-23(20)31/h4,6,11-13,28H,3,5,7-10H2,1-2H3,(H,29,31). The number of H-pyrrole nitrogens is 1.